The lowest BCUT2D eigenvalue weighted by Crippen LogP contribution is -2.35. The number of phenolic OH excluding ortho intramolecular Hbond substituents is 3. The third-order valence-corrected chi connectivity index (χ3v) is 22.4. The third kappa shape index (κ3) is 29.0. The van der Waals surface area contributed by atoms with Crippen LogP contribution in [0.3, 0.4) is 0 Å². The third-order valence-electron chi connectivity index (χ3n) is 22.4. The zero-order valence-electron chi connectivity index (χ0n) is 79.9. The Morgan fingerprint density at radius 2 is 0.883 bits per heavy atom. The fourth-order valence-electron chi connectivity index (χ4n) is 13.9. The molecule has 145 heavy (non-hydrogen) atoms. The highest BCUT2D eigenvalue weighted by Gasteiger charge is 2.41. The van der Waals surface area contributed by atoms with Gasteiger partial charge in [-0.2, -0.15) is 35.1 Å². The van der Waals surface area contributed by atoms with Gasteiger partial charge in [-0.3, -0.25) is 14.4 Å². The molecule has 3 amide bonds. The maximum absolute atomic E-state index is 13.7. The quantitative estimate of drug-likeness (QED) is 0.0227. The van der Waals surface area contributed by atoms with Gasteiger partial charge >= 0.3 is 18.3 Å². The predicted octanol–water partition coefficient (Wildman–Crippen LogP) is 23.6. The number of rotatable bonds is 26. The van der Waals surface area contributed by atoms with E-state index in [4.69, 9.17) is 18.6 Å². The fraction of sp³-hybridized carbons (Fsp3) is 0.265. The number of aromatic nitrogens is 12. The van der Waals surface area contributed by atoms with Crippen LogP contribution in [0.1, 0.15) is 139 Å². The Labute approximate surface area is 822 Å². The molecule has 0 aliphatic carbocycles. The molecule has 0 spiro atoms. The Balaban J connectivity index is 0.000000156. The van der Waals surface area contributed by atoms with E-state index in [9.17, 15) is 82.4 Å². The van der Waals surface area contributed by atoms with Gasteiger partial charge < -0.3 is 66.5 Å². The van der Waals surface area contributed by atoms with Gasteiger partial charge in [-0.15, -0.1) is 0 Å². The Morgan fingerprint density at radius 1 is 0.434 bits per heavy atom. The molecule has 2 atom stereocenters. The molecule has 1 saturated heterocycles. The highest BCUT2D eigenvalue weighted by atomic mass is 19.4. The average Bonchev–Trinajstić information content (AvgIpc) is 1.78. The summed E-state index contributed by atoms with van der Waals surface area (Å²) in [6, 6.07) is 57.5. The van der Waals surface area contributed by atoms with Gasteiger partial charge in [0.05, 0.1) is 39.2 Å². The van der Waals surface area contributed by atoms with Crippen molar-refractivity contribution >= 4 is 115 Å². The van der Waals surface area contributed by atoms with Crippen molar-refractivity contribution in [2.24, 2.45) is 0 Å². The lowest BCUT2D eigenvalue weighted by atomic mass is 10.1. The summed E-state index contributed by atoms with van der Waals surface area (Å²) in [6.07, 6.45) is -11.5. The minimum atomic E-state index is -4.98. The van der Waals surface area contributed by atoms with Gasteiger partial charge in [0, 0.05) is 61.0 Å². The van der Waals surface area contributed by atoms with Crippen molar-refractivity contribution in [3.63, 3.8) is 0 Å². The van der Waals surface area contributed by atoms with Crippen LogP contribution in [0.4, 0.5) is 116 Å². The maximum Gasteiger partial charge on any atom is 0.420 e. The number of benzene rings is 10. The summed E-state index contributed by atoms with van der Waals surface area (Å²) in [5, 5.41) is 68.9. The summed E-state index contributed by atoms with van der Waals surface area (Å²) >= 11 is 0. The molecule has 0 bridgehead atoms. The van der Waals surface area contributed by atoms with Crippen molar-refractivity contribution in [1.29, 1.82) is 0 Å². The van der Waals surface area contributed by atoms with Gasteiger partial charge in [-0.1, -0.05) is 115 Å². The number of phenols is 3. The summed E-state index contributed by atoms with van der Waals surface area (Å²) in [6.45, 7) is 20.6. The Kier molecular flexibility index (Phi) is 35.5. The number of nitrogens with zero attached hydrogens (tertiary/aromatic N) is 14. The zero-order valence-corrected chi connectivity index (χ0v) is 79.9. The predicted molar refractivity (Wildman–Crippen MR) is 523 cm³/mol. The standard InChI is InChI=1S/C19H17N5O.2C18H15F6NO3.C17H20N6O.C16H20N6O.C14H13NO2/c1-12-6-8-14(9-7-12)11-16-17(20-15-5-3-4-13(2)10-15)22-19-18(21-16)23-25-24-19;1-17(21,16(19)20)9-28-14-7-6-10(18(22,23)24)8-12(14)25-15(27)11-4-2-3-5-13(11)26;1-10(19)17(20,21)9-28-15-7-6-11(8-13(15)18(22,23)24)25-16(27)12-4-2-3-5-14(12)26;1-11-7-6-8-13(12(11)2)18-16-17(23-9-4-3-5-10-23)20-15-14(19-16)21-24-22-15;1-5-22(6-2)16-15(18-13-14(19-16)21-23-20-13)17-12-9-7-8-10(3)11(12)4;1-10-5-4-6-11(9-10)15-14(17)12-7-2-3-8-13(12)16/h3-10H,11H2,1-2H3,(H,20,22,24);2-8,16,26H,9H2,1H3,(H,25,27);2-8,10,26H,9H2,1H3,(H,25,27);6-8H,3-5,9-10H2,1-2H3,(H,18,19,21);7-9H,5-6H2,1-4H3,(H,17,18,20);2-9,16H,1H3,(H,15,17). The number of anilines is 11. The van der Waals surface area contributed by atoms with Crippen LogP contribution in [-0.2, 0) is 18.8 Å². The monoisotopic (exact) mass is 2010 g/mol. The van der Waals surface area contributed by atoms with E-state index in [2.05, 4.69) is 217 Å². The number of aryl methyl sites for hydroxylation is 5. The van der Waals surface area contributed by atoms with Crippen molar-refractivity contribution in [3.05, 3.63) is 296 Å². The highest BCUT2D eigenvalue weighted by Crippen LogP contribution is 2.42. The van der Waals surface area contributed by atoms with Crippen LogP contribution < -0.4 is 51.2 Å². The molecule has 7 heterocycles. The van der Waals surface area contributed by atoms with Crippen LogP contribution in [0, 0.1) is 48.5 Å². The van der Waals surface area contributed by atoms with Gasteiger partial charge in [0.25, 0.3) is 24.1 Å². The average molecular weight is 2010 g/mol. The minimum absolute atomic E-state index is 0.0161. The van der Waals surface area contributed by atoms with Crippen LogP contribution in [0.2, 0.25) is 0 Å². The fourth-order valence-corrected chi connectivity index (χ4v) is 13.9. The Bertz CT molecular complexity index is 7150. The van der Waals surface area contributed by atoms with E-state index >= 15 is 0 Å². The van der Waals surface area contributed by atoms with Crippen molar-refractivity contribution in [1.82, 2.24) is 60.8 Å². The number of alkyl halides is 12. The number of nitrogens with one attached hydrogen (secondary N) is 6. The smallest absolute Gasteiger partial charge is 0.420 e. The van der Waals surface area contributed by atoms with E-state index in [1.165, 1.54) is 107 Å². The largest absolute Gasteiger partial charge is 0.507 e. The molecule has 1 fully saturated rings. The minimum Gasteiger partial charge on any atom is -0.507 e. The molecule has 1 aliphatic heterocycles. The highest BCUT2D eigenvalue weighted by molar-refractivity contribution is 6.08. The van der Waals surface area contributed by atoms with Gasteiger partial charge in [0.2, 0.25) is 39.6 Å². The number of amides is 3. The number of carbonyl (C=O) groups excluding carboxylic acids is 3. The molecule has 0 radical (unpaired) electrons. The zero-order chi connectivity index (χ0) is 105. The first-order chi connectivity index (χ1) is 69.0. The molecule has 9 N–H and O–H groups in total. The first-order valence-electron chi connectivity index (χ1n) is 45.1. The summed E-state index contributed by atoms with van der Waals surface area (Å²) < 4.78 is 181. The van der Waals surface area contributed by atoms with E-state index in [1.807, 2.05) is 61.5 Å². The van der Waals surface area contributed by atoms with E-state index < -0.39 is 95.6 Å². The second kappa shape index (κ2) is 48.1. The number of ether oxygens (including phenoxy) is 2. The molecule has 16 aromatic rings. The second-order valence-electron chi connectivity index (χ2n) is 33.4. The van der Waals surface area contributed by atoms with Crippen LogP contribution in [0.5, 0.6) is 28.7 Å². The van der Waals surface area contributed by atoms with Gasteiger partial charge in [-0.05, 0) is 275 Å². The SMILES string of the molecule is CC(F)(COc1ccc(C(F)(F)F)cc1NC(=O)c1ccccc1O)C(F)F.CC(F)C(F)(F)COc1ccc(NC(=O)c2ccccc2O)cc1C(F)(F)F.CCN(CC)c1nc2nonc2nc1Nc1cccc(C)c1C.Cc1ccc(Cc2nc3nonc3nc2Nc2cccc(C)c2)cc1.Cc1cccc(NC(=O)c2ccccc2O)c1.Cc1cccc(Nc2nc3nonc3nc2N2CCCCC2)c1C. The Morgan fingerprint density at radius 3 is 1.38 bits per heavy atom. The summed E-state index contributed by atoms with van der Waals surface area (Å²) in [4.78, 5) is 68.0. The number of aromatic hydroxyl groups is 3. The van der Waals surface area contributed by atoms with E-state index in [-0.39, 0.29) is 39.8 Å². The van der Waals surface area contributed by atoms with Crippen molar-refractivity contribution in [2.45, 2.75) is 138 Å². The van der Waals surface area contributed by atoms with E-state index in [1.54, 1.807) is 18.2 Å². The number of hydrogen-bond acceptors (Lipinski definition) is 28. The number of carbonyl (C=O) groups is 3. The molecular weight excluding hydrogens is 1910 g/mol. The van der Waals surface area contributed by atoms with Crippen LogP contribution in [0.25, 0.3) is 33.9 Å². The summed E-state index contributed by atoms with van der Waals surface area (Å²) in [5.74, 6) is -4.74. The number of fused-ring (bicyclic) bond motifs is 3. The topological polar surface area (TPSA) is 403 Å². The van der Waals surface area contributed by atoms with E-state index in [0.29, 0.717) is 89.8 Å². The maximum atomic E-state index is 13.7. The first kappa shape index (κ1) is 107. The molecule has 1 aliphatic rings. The van der Waals surface area contributed by atoms with Crippen molar-refractivity contribution in [2.75, 3.05) is 81.1 Å². The number of para-hydroxylation sites is 3. The molecule has 43 heteroatoms. The molecule has 6 aromatic heterocycles. The van der Waals surface area contributed by atoms with E-state index in [0.717, 1.165) is 95.6 Å². The van der Waals surface area contributed by atoms with Gasteiger partial charge in [0.1, 0.15) is 35.4 Å². The molecule has 758 valence electrons. The molecule has 2 unspecified atom stereocenters. The number of piperidine rings is 1. The molecule has 31 nitrogen and oxygen atoms in total. The van der Waals surface area contributed by atoms with Crippen molar-refractivity contribution in [3.8, 4) is 28.7 Å². The van der Waals surface area contributed by atoms with Crippen molar-refractivity contribution < 1.29 is 106 Å². The van der Waals surface area contributed by atoms with Gasteiger partial charge in [-0.25, -0.2) is 61.4 Å². The molecule has 0 saturated carbocycles. The van der Waals surface area contributed by atoms with Crippen LogP contribution in [0.15, 0.2) is 232 Å². The lowest BCUT2D eigenvalue weighted by molar-refractivity contribution is -0.141. The molecular formula is C102H100F12N20O11. The number of halogens is 12. The molecule has 10 aromatic carbocycles. The Hall–Kier alpha value is -16.8. The second-order valence-corrected chi connectivity index (χ2v) is 33.4. The van der Waals surface area contributed by atoms with Crippen LogP contribution in [-0.4, -0.2) is 157 Å². The summed E-state index contributed by atoms with van der Waals surface area (Å²) in [7, 11) is 0. The normalized spacial score (nSPS) is 12.5. The number of hydrogen-bond donors (Lipinski definition) is 9. The first-order valence-corrected chi connectivity index (χ1v) is 45.1. The molecule has 17 rings (SSSR count). The van der Waals surface area contributed by atoms with Crippen LogP contribution >= 0.6 is 0 Å². The van der Waals surface area contributed by atoms with Gasteiger partial charge in [0.15, 0.2) is 41.9 Å². The summed E-state index contributed by atoms with van der Waals surface area (Å²) in [5.41, 5.74) is 9.84. The lowest BCUT2D eigenvalue weighted by Gasteiger charge is -2.29.